The predicted molar refractivity (Wildman–Crippen MR) is 136 cm³/mol. The van der Waals surface area contributed by atoms with Gasteiger partial charge in [-0.1, -0.05) is 79.7 Å². The van der Waals surface area contributed by atoms with Crippen LogP contribution in [0.2, 0.25) is 0 Å². The summed E-state index contributed by atoms with van der Waals surface area (Å²) >= 11 is 0. The van der Waals surface area contributed by atoms with Crippen molar-refractivity contribution in [1.29, 1.82) is 0 Å². The van der Waals surface area contributed by atoms with Crippen LogP contribution in [0.25, 0.3) is 0 Å². The molecule has 4 rings (SSSR count). The first-order chi connectivity index (χ1) is 16.9. The summed E-state index contributed by atoms with van der Waals surface area (Å²) in [5.41, 5.74) is 6.24. The normalized spacial score (nSPS) is 12.9. The Hall–Kier alpha value is -3.86. The van der Waals surface area contributed by atoms with Crippen LogP contribution in [0.5, 0.6) is 5.75 Å². The Morgan fingerprint density at radius 3 is 2.29 bits per heavy atom. The number of nitrogens with zero attached hydrogens (tertiary/aromatic N) is 1. The van der Waals surface area contributed by atoms with Crippen LogP contribution in [0, 0.1) is 12.8 Å². The first-order valence-electron chi connectivity index (χ1n) is 11.9. The molecule has 0 bridgehead atoms. The smallest absolute Gasteiger partial charge is 0.304 e. The van der Waals surface area contributed by atoms with Crippen LogP contribution in [0.4, 0.5) is 0 Å². The lowest BCUT2D eigenvalue weighted by Gasteiger charge is -2.22. The van der Waals surface area contributed by atoms with Crippen molar-refractivity contribution in [2.45, 2.75) is 45.6 Å². The van der Waals surface area contributed by atoms with Crippen LogP contribution in [-0.2, 0) is 11.2 Å². The lowest BCUT2D eigenvalue weighted by Crippen LogP contribution is -2.11. The van der Waals surface area contributed by atoms with E-state index < -0.39 is 5.97 Å². The van der Waals surface area contributed by atoms with Gasteiger partial charge in [-0.2, -0.15) is 0 Å². The summed E-state index contributed by atoms with van der Waals surface area (Å²) in [4.78, 5) is 11.4. The van der Waals surface area contributed by atoms with Gasteiger partial charge in [-0.25, -0.2) is 0 Å². The average Bonchev–Trinajstić information content (AvgIpc) is 3.38. The summed E-state index contributed by atoms with van der Waals surface area (Å²) in [6, 6.07) is 26.1. The fourth-order valence-electron chi connectivity index (χ4n) is 4.35. The third kappa shape index (κ3) is 6.18. The van der Waals surface area contributed by atoms with E-state index in [0.29, 0.717) is 17.4 Å². The summed E-state index contributed by atoms with van der Waals surface area (Å²) in [6.07, 6.45) is 2.14. The molecule has 2 unspecified atom stereocenters. The molecule has 0 aliphatic carbocycles. The highest BCUT2D eigenvalue weighted by molar-refractivity contribution is 5.68. The summed E-state index contributed by atoms with van der Waals surface area (Å²) < 4.78 is 11.5. The molecule has 0 radical (unpaired) electrons. The number of hydrogen-bond acceptors (Lipinski definition) is 4. The molecular formula is C30H31NO4. The molecule has 0 spiro atoms. The summed E-state index contributed by atoms with van der Waals surface area (Å²) in [7, 11) is 0. The number of aryl methyl sites for hydroxylation is 1. The molecule has 0 amide bonds. The Morgan fingerprint density at radius 1 is 0.943 bits per heavy atom. The van der Waals surface area contributed by atoms with Gasteiger partial charge in [-0.15, -0.1) is 0 Å². The van der Waals surface area contributed by atoms with Gasteiger partial charge in [0.2, 0.25) is 0 Å². The maximum absolute atomic E-state index is 11.4. The van der Waals surface area contributed by atoms with Gasteiger partial charge < -0.3 is 14.4 Å². The lowest BCUT2D eigenvalue weighted by atomic mass is 9.92. The second kappa shape index (κ2) is 11.0. The Balaban J connectivity index is 1.64. The van der Waals surface area contributed by atoms with Gasteiger partial charge in [-0.3, -0.25) is 4.79 Å². The highest BCUT2D eigenvalue weighted by Gasteiger charge is 2.22. The van der Waals surface area contributed by atoms with Crippen LogP contribution in [0.3, 0.4) is 0 Å². The lowest BCUT2D eigenvalue weighted by molar-refractivity contribution is -0.137. The van der Waals surface area contributed by atoms with Crippen LogP contribution in [0.15, 0.2) is 89.6 Å². The summed E-state index contributed by atoms with van der Waals surface area (Å²) in [5, 5.41) is 13.3. The first-order valence-corrected chi connectivity index (χ1v) is 11.9. The van der Waals surface area contributed by atoms with Crippen molar-refractivity contribution < 1.29 is 19.2 Å². The average molecular weight is 470 g/mol. The molecule has 5 nitrogen and oxygen atoms in total. The van der Waals surface area contributed by atoms with Gasteiger partial charge >= 0.3 is 5.97 Å². The van der Waals surface area contributed by atoms with Gasteiger partial charge in [0, 0.05) is 12.0 Å². The van der Waals surface area contributed by atoms with E-state index in [-0.39, 0.29) is 18.4 Å². The number of hydrogen-bond donors (Lipinski definition) is 1. The van der Waals surface area contributed by atoms with E-state index >= 15 is 0 Å². The number of carboxylic acids is 1. The van der Waals surface area contributed by atoms with E-state index in [1.165, 1.54) is 17.4 Å². The fraction of sp³-hybridized carbons (Fsp3) is 0.267. The van der Waals surface area contributed by atoms with Crippen LogP contribution in [-0.4, -0.2) is 16.2 Å². The molecule has 1 heterocycles. The standard InChI is InChI=1S/C30H31NO4/c1-20(2)17-25-18-24(10-9-21(25)3)30(23-7-5-4-6-8-23)35-26-13-11-22(12-14-26)27(19-29(32)33)28-15-16-34-31-28/h4-16,18,20,27,30H,17,19H2,1-3H3,(H,32,33). The van der Waals surface area contributed by atoms with Gasteiger partial charge in [0.1, 0.15) is 18.1 Å². The molecule has 1 N–H and O–H groups in total. The quantitative estimate of drug-likeness (QED) is 0.272. The molecule has 180 valence electrons. The highest BCUT2D eigenvalue weighted by atomic mass is 16.5. The minimum Gasteiger partial charge on any atom is -0.481 e. The largest absolute Gasteiger partial charge is 0.481 e. The molecule has 5 heteroatoms. The van der Waals surface area contributed by atoms with Gasteiger partial charge in [0.05, 0.1) is 12.1 Å². The third-order valence-corrected chi connectivity index (χ3v) is 6.14. The molecule has 0 fully saturated rings. The topological polar surface area (TPSA) is 72.6 Å². The fourth-order valence-corrected chi connectivity index (χ4v) is 4.35. The van der Waals surface area contributed by atoms with E-state index in [1.807, 2.05) is 42.5 Å². The van der Waals surface area contributed by atoms with Gasteiger partial charge in [-0.05, 0) is 59.2 Å². The number of carbonyl (C=O) groups is 1. The molecule has 1 aromatic heterocycles. The number of aromatic nitrogens is 1. The van der Waals surface area contributed by atoms with Gasteiger partial charge in [0.25, 0.3) is 0 Å². The molecule has 0 saturated heterocycles. The Labute approximate surface area is 206 Å². The van der Waals surface area contributed by atoms with Crippen molar-refractivity contribution >= 4 is 5.97 Å². The van der Waals surface area contributed by atoms with Crippen molar-refractivity contribution in [1.82, 2.24) is 5.16 Å². The number of benzene rings is 3. The summed E-state index contributed by atoms with van der Waals surface area (Å²) in [6.45, 7) is 6.62. The monoisotopic (exact) mass is 469 g/mol. The third-order valence-electron chi connectivity index (χ3n) is 6.14. The second-order valence-electron chi connectivity index (χ2n) is 9.34. The Kier molecular flexibility index (Phi) is 7.66. The van der Waals surface area contributed by atoms with Crippen molar-refractivity contribution in [3.8, 4) is 5.75 Å². The van der Waals surface area contributed by atoms with Crippen molar-refractivity contribution in [3.05, 3.63) is 119 Å². The molecule has 2 atom stereocenters. The number of carboxylic acid groups (broad SMARTS) is 1. The van der Waals surface area contributed by atoms with Crippen molar-refractivity contribution in [2.75, 3.05) is 0 Å². The molecule has 0 aliphatic rings. The van der Waals surface area contributed by atoms with Crippen LogP contribution >= 0.6 is 0 Å². The Bertz CT molecular complexity index is 1230. The molecule has 3 aromatic carbocycles. The maximum atomic E-state index is 11.4. The zero-order chi connectivity index (χ0) is 24.8. The number of aliphatic carboxylic acids is 1. The van der Waals surface area contributed by atoms with Crippen LogP contribution in [0.1, 0.15) is 65.8 Å². The predicted octanol–water partition coefficient (Wildman–Crippen LogP) is 6.96. The van der Waals surface area contributed by atoms with Gasteiger partial charge in [0.15, 0.2) is 0 Å². The second-order valence-corrected chi connectivity index (χ2v) is 9.34. The molecule has 4 aromatic rings. The molecule has 35 heavy (non-hydrogen) atoms. The van der Waals surface area contributed by atoms with Crippen LogP contribution < -0.4 is 4.74 Å². The van der Waals surface area contributed by atoms with Crippen molar-refractivity contribution in [3.63, 3.8) is 0 Å². The Morgan fingerprint density at radius 2 is 1.66 bits per heavy atom. The van der Waals surface area contributed by atoms with E-state index in [1.54, 1.807) is 6.07 Å². The zero-order valence-corrected chi connectivity index (χ0v) is 20.3. The van der Waals surface area contributed by atoms with Crippen molar-refractivity contribution in [2.24, 2.45) is 5.92 Å². The molecule has 0 aliphatic heterocycles. The number of ether oxygens (including phenoxy) is 1. The van der Waals surface area contributed by atoms with E-state index in [0.717, 1.165) is 23.1 Å². The minimum absolute atomic E-state index is 0.0681. The van der Waals surface area contributed by atoms with E-state index in [2.05, 4.69) is 56.3 Å². The summed E-state index contributed by atoms with van der Waals surface area (Å²) in [5.74, 6) is -0.00109. The van der Waals surface area contributed by atoms with E-state index in [4.69, 9.17) is 9.26 Å². The van der Waals surface area contributed by atoms with E-state index in [9.17, 15) is 9.90 Å². The maximum Gasteiger partial charge on any atom is 0.304 e. The molecular weight excluding hydrogens is 438 g/mol. The highest BCUT2D eigenvalue weighted by Crippen LogP contribution is 2.33. The SMILES string of the molecule is Cc1ccc(C(Oc2ccc(C(CC(=O)O)c3ccon3)cc2)c2ccccc2)cc1CC(C)C. The molecule has 0 saturated carbocycles. The number of rotatable bonds is 10. The zero-order valence-electron chi connectivity index (χ0n) is 20.3. The minimum atomic E-state index is -0.890. The first kappa shape index (κ1) is 24.3.